The summed E-state index contributed by atoms with van der Waals surface area (Å²) in [7, 11) is 0. The monoisotopic (exact) mass is 497 g/mol. The number of fused-ring (bicyclic) bond motifs is 1. The Kier molecular flexibility index (Phi) is 5.99. The van der Waals surface area contributed by atoms with Crippen LogP contribution in [0.3, 0.4) is 0 Å². The number of ether oxygens (including phenoxy) is 2. The van der Waals surface area contributed by atoms with Gasteiger partial charge >= 0.3 is 0 Å². The van der Waals surface area contributed by atoms with Crippen LogP contribution >= 0.6 is 34.3 Å². The van der Waals surface area contributed by atoms with Gasteiger partial charge in [0.15, 0.2) is 16.6 Å². The van der Waals surface area contributed by atoms with Gasteiger partial charge in [0.05, 0.1) is 21.3 Å². The molecule has 0 spiro atoms. The third-order valence-corrected chi connectivity index (χ3v) is 6.74. The van der Waals surface area contributed by atoms with E-state index in [-0.39, 0.29) is 11.8 Å². The molecule has 0 saturated carbocycles. The highest BCUT2D eigenvalue weighted by Gasteiger charge is 2.16. The van der Waals surface area contributed by atoms with Crippen molar-refractivity contribution in [2.24, 2.45) is 0 Å². The number of benzene rings is 2. The molecule has 0 atom stereocenters. The van der Waals surface area contributed by atoms with Gasteiger partial charge in [0.25, 0.3) is 11.8 Å². The minimum absolute atomic E-state index is 0.284. The molecule has 0 bridgehead atoms. The summed E-state index contributed by atoms with van der Waals surface area (Å²) in [5.41, 5.74) is 2.28. The molecule has 166 valence electrons. The summed E-state index contributed by atoms with van der Waals surface area (Å²) in [6.07, 6.45) is 0. The van der Waals surface area contributed by atoms with Gasteiger partial charge in [-0.2, -0.15) is 0 Å². The van der Waals surface area contributed by atoms with Crippen molar-refractivity contribution in [3.05, 3.63) is 74.8 Å². The largest absolute Gasteiger partial charge is 0.486 e. The molecule has 0 aliphatic carbocycles. The van der Waals surface area contributed by atoms with E-state index in [0.717, 1.165) is 5.56 Å². The Morgan fingerprint density at radius 3 is 2.61 bits per heavy atom. The number of aromatic nitrogens is 1. The van der Waals surface area contributed by atoms with Crippen molar-refractivity contribution in [1.29, 1.82) is 0 Å². The first-order valence-corrected chi connectivity index (χ1v) is 12.0. The van der Waals surface area contributed by atoms with Crippen molar-refractivity contribution < 1.29 is 19.1 Å². The number of hydrogen-bond donors (Lipinski definition) is 2. The first kappa shape index (κ1) is 21.4. The molecule has 3 heterocycles. The van der Waals surface area contributed by atoms with Crippen LogP contribution < -0.4 is 20.1 Å². The van der Waals surface area contributed by atoms with Gasteiger partial charge in [-0.05, 0) is 47.8 Å². The highest BCUT2D eigenvalue weighted by Crippen LogP contribution is 2.35. The quantitative estimate of drug-likeness (QED) is 0.363. The van der Waals surface area contributed by atoms with Crippen LogP contribution in [-0.2, 0) is 0 Å². The molecular weight excluding hydrogens is 482 g/mol. The van der Waals surface area contributed by atoms with E-state index in [1.54, 1.807) is 30.3 Å². The Morgan fingerprint density at radius 2 is 1.79 bits per heavy atom. The van der Waals surface area contributed by atoms with Crippen molar-refractivity contribution >= 4 is 56.9 Å². The topological polar surface area (TPSA) is 89.6 Å². The first-order valence-electron chi connectivity index (χ1n) is 9.88. The summed E-state index contributed by atoms with van der Waals surface area (Å²) < 4.78 is 11.2. The summed E-state index contributed by atoms with van der Waals surface area (Å²) in [4.78, 5) is 30.2. The summed E-state index contributed by atoms with van der Waals surface area (Å²) in [6, 6.07) is 13.8. The summed E-state index contributed by atoms with van der Waals surface area (Å²) in [5, 5.41) is 10.0. The van der Waals surface area contributed by atoms with Crippen molar-refractivity contribution in [3.8, 4) is 22.8 Å². The third kappa shape index (κ3) is 4.70. The first-order chi connectivity index (χ1) is 16.1. The second-order valence-corrected chi connectivity index (χ2v) is 9.19. The Labute approximate surface area is 202 Å². The van der Waals surface area contributed by atoms with Crippen molar-refractivity contribution in [2.45, 2.75) is 0 Å². The summed E-state index contributed by atoms with van der Waals surface area (Å²) >= 11 is 8.85. The number of nitrogens with one attached hydrogen (secondary N) is 2. The second-order valence-electron chi connectivity index (χ2n) is 6.98. The lowest BCUT2D eigenvalue weighted by atomic mass is 10.1. The Hall–Kier alpha value is -3.40. The SMILES string of the molecule is O=C(Nc1nc(-c2ccc3c(c2)OCCO3)cs1)c1ccc(Cl)c(NC(=O)c2cccs2)c1. The minimum atomic E-state index is -0.360. The van der Waals surface area contributed by atoms with Crippen LogP contribution in [-0.4, -0.2) is 30.0 Å². The molecule has 2 aromatic carbocycles. The van der Waals surface area contributed by atoms with Crippen LogP contribution in [0.4, 0.5) is 10.8 Å². The summed E-state index contributed by atoms with van der Waals surface area (Å²) in [5.74, 6) is 0.740. The maximum absolute atomic E-state index is 12.8. The van der Waals surface area contributed by atoms with Crippen molar-refractivity contribution in [3.63, 3.8) is 0 Å². The van der Waals surface area contributed by atoms with Gasteiger partial charge in [-0.25, -0.2) is 4.98 Å². The third-order valence-electron chi connectivity index (χ3n) is 4.78. The fraction of sp³-hybridized carbons (Fsp3) is 0.0870. The van der Waals surface area contributed by atoms with Crippen molar-refractivity contribution in [2.75, 3.05) is 23.8 Å². The van der Waals surface area contributed by atoms with Crippen LogP contribution in [0.1, 0.15) is 20.0 Å². The number of carbonyl (C=O) groups excluding carboxylic acids is 2. The molecule has 4 aromatic rings. The van der Waals surface area contributed by atoms with E-state index in [0.29, 0.717) is 56.7 Å². The van der Waals surface area contributed by atoms with E-state index in [9.17, 15) is 9.59 Å². The molecule has 2 amide bonds. The van der Waals surface area contributed by atoms with E-state index in [2.05, 4.69) is 15.6 Å². The second kappa shape index (κ2) is 9.22. The Morgan fingerprint density at radius 1 is 0.939 bits per heavy atom. The van der Waals surface area contributed by atoms with E-state index in [1.165, 1.54) is 22.7 Å². The fourth-order valence-corrected chi connectivity index (χ4v) is 4.69. The molecule has 7 nitrogen and oxygen atoms in total. The normalized spacial score (nSPS) is 12.3. The molecule has 10 heteroatoms. The van der Waals surface area contributed by atoms with E-state index >= 15 is 0 Å². The fourth-order valence-electron chi connectivity index (χ4n) is 3.19. The van der Waals surface area contributed by atoms with Gasteiger partial charge in [0, 0.05) is 16.5 Å². The van der Waals surface area contributed by atoms with Crippen LogP contribution in [0.15, 0.2) is 59.3 Å². The van der Waals surface area contributed by atoms with Gasteiger partial charge < -0.3 is 14.8 Å². The van der Waals surface area contributed by atoms with E-state index in [4.69, 9.17) is 21.1 Å². The van der Waals surface area contributed by atoms with Gasteiger partial charge in [-0.15, -0.1) is 22.7 Å². The highest BCUT2D eigenvalue weighted by molar-refractivity contribution is 7.14. The van der Waals surface area contributed by atoms with Crippen molar-refractivity contribution in [1.82, 2.24) is 4.98 Å². The smallest absolute Gasteiger partial charge is 0.265 e. The number of halogens is 1. The molecule has 0 radical (unpaired) electrons. The lowest BCUT2D eigenvalue weighted by Crippen LogP contribution is -2.15. The van der Waals surface area contributed by atoms with E-state index < -0.39 is 0 Å². The number of thiazole rings is 1. The zero-order valence-electron chi connectivity index (χ0n) is 17.0. The lowest BCUT2D eigenvalue weighted by Gasteiger charge is -2.18. The molecule has 2 aromatic heterocycles. The Balaban J connectivity index is 1.30. The van der Waals surface area contributed by atoms with Gasteiger partial charge in [0.1, 0.15) is 13.2 Å². The number of thiophene rings is 1. The molecule has 2 N–H and O–H groups in total. The molecule has 33 heavy (non-hydrogen) atoms. The van der Waals surface area contributed by atoms with Gasteiger partial charge in [-0.3, -0.25) is 14.9 Å². The number of amides is 2. The number of rotatable bonds is 5. The minimum Gasteiger partial charge on any atom is -0.486 e. The molecule has 1 aliphatic rings. The average molecular weight is 498 g/mol. The molecule has 0 fully saturated rings. The molecular formula is C23H16ClN3O4S2. The maximum Gasteiger partial charge on any atom is 0.265 e. The number of nitrogens with zero attached hydrogens (tertiary/aromatic N) is 1. The number of hydrogen-bond acceptors (Lipinski definition) is 7. The van der Waals surface area contributed by atoms with Crippen LogP contribution in [0, 0.1) is 0 Å². The summed E-state index contributed by atoms with van der Waals surface area (Å²) in [6.45, 7) is 1.04. The highest BCUT2D eigenvalue weighted by atomic mass is 35.5. The molecule has 0 saturated heterocycles. The zero-order valence-corrected chi connectivity index (χ0v) is 19.4. The predicted molar refractivity (Wildman–Crippen MR) is 130 cm³/mol. The van der Waals surface area contributed by atoms with E-state index in [1.807, 2.05) is 29.0 Å². The van der Waals surface area contributed by atoms with Gasteiger partial charge in [-0.1, -0.05) is 17.7 Å². The zero-order chi connectivity index (χ0) is 22.8. The number of carbonyl (C=O) groups is 2. The predicted octanol–water partition coefficient (Wildman–Crippen LogP) is 5.80. The maximum atomic E-state index is 12.8. The van der Waals surface area contributed by atoms with Crippen LogP contribution in [0.2, 0.25) is 5.02 Å². The molecule has 1 aliphatic heterocycles. The molecule has 5 rings (SSSR count). The lowest BCUT2D eigenvalue weighted by molar-refractivity contribution is 0.101. The Bertz CT molecular complexity index is 1340. The van der Waals surface area contributed by atoms with Crippen LogP contribution in [0.25, 0.3) is 11.3 Å². The number of anilines is 2. The standard InChI is InChI=1S/C23H16ClN3O4S2/c24-15-5-3-14(10-16(15)25-22(29)20-2-1-9-32-20)21(28)27-23-26-17(12-33-23)13-4-6-18-19(11-13)31-8-7-30-18/h1-6,9-12H,7-8H2,(H,25,29)(H,26,27,28). The average Bonchev–Trinajstić information content (AvgIpc) is 3.53. The molecule has 0 unspecified atom stereocenters. The van der Waals surface area contributed by atoms with Crippen LogP contribution in [0.5, 0.6) is 11.5 Å². The van der Waals surface area contributed by atoms with Gasteiger partial charge in [0.2, 0.25) is 0 Å².